The average molecular weight is 315 g/mol. The molecule has 1 aromatic carbocycles. The first kappa shape index (κ1) is 14.8. The van der Waals surface area contributed by atoms with Gasteiger partial charge < -0.3 is 10.3 Å². The Balaban J connectivity index is 1.75. The molecule has 7 heteroatoms. The number of fused-ring (bicyclic) bond motifs is 3. The molecule has 0 aliphatic carbocycles. The normalized spacial score (nSPS) is 12.6. The fourth-order valence-electron chi connectivity index (χ4n) is 2.12. The largest absolute Gasteiger partial charge is 0.353 e. The summed E-state index contributed by atoms with van der Waals surface area (Å²) in [6, 6.07) is 8.06. The highest BCUT2D eigenvalue weighted by molar-refractivity contribution is 7.99. The van der Waals surface area contributed by atoms with Gasteiger partial charge in [0, 0.05) is 16.9 Å². The number of nitrogens with one attached hydrogen (secondary N) is 2. The number of nitrogens with zero attached hydrogens (tertiary/aromatic N) is 3. The monoisotopic (exact) mass is 315 g/mol. The van der Waals surface area contributed by atoms with Crippen molar-refractivity contribution >= 4 is 39.7 Å². The minimum absolute atomic E-state index is 0.0142. The summed E-state index contributed by atoms with van der Waals surface area (Å²) in [7, 11) is 0. The van der Waals surface area contributed by atoms with Crippen LogP contribution in [0.15, 0.2) is 29.4 Å². The van der Waals surface area contributed by atoms with Gasteiger partial charge in [-0.05, 0) is 19.4 Å². The lowest BCUT2D eigenvalue weighted by Crippen LogP contribution is -2.33. The van der Waals surface area contributed by atoms with Crippen LogP contribution in [0.25, 0.3) is 22.1 Å². The van der Waals surface area contributed by atoms with Gasteiger partial charge in [0.25, 0.3) is 0 Å². The van der Waals surface area contributed by atoms with Gasteiger partial charge in [0.1, 0.15) is 5.52 Å². The molecule has 3 rings (SSSR count). The van der Waals surface area contributed by atoms with E-state index in [1.165, 1.54) is 11.8 Å². The van der Waals surface area contributed by atoms with Crippen molar-refractivity contribution in [3.8, 4) is 0 Å². The molecular formula is C15H17N5OS. The molecule has 3 aromatic rings. The summed E-state index contributed by atoms with van der Waals surface area (Å²) >= 11 is 1.29. The van der Waals surface area contributed by atoms with E-state index in [9.17, 15) is 4.79 Å². The van der Waals surface area contributed by atoms with Crippen molar-refractivity contribution in [2.45, 2.75) is 31.5 Å². The standard InChI is InChI=1S/C15H17N5OS/c1-3-9(2)16-12(21)8-22-15-18-14-13(19-20-15)10-6-4-5-7-11(10)17-14/h4-7,9H,3,8H2,1-2H3,(H,16,21)(H,17,18,20)/t9-/m1/s1. The van der Waals surface area contributed by atoms with Crippen molar-refractivity contribution in [2.24, 2.45) is 0 Å². The van der Waals surface area contributed by atoms with Crippen LogP contribution in [0.2, 0.25) is 0 Å². The number of aromatic nitrogens is 4. The number of hydrogen-bond donors (Lipinski definition) is 2. The Labute approximate surface area is 132 Å². The summed E-state index contributed by atoms with van der Waals surface area (Å²) in [6.07, 6.45) is 0.912. The van der Waals surface area contributed by atoms with Gasteiger partial charge in [-0.2, -0.15) is 0 Å². The van der Waals surface area contributed by atoms with E-state index in [1.54, 1.807) is 0 Å². The lowest BCUT2D eigenvalue weighted by Gasteiger charge is -2.10. The smallest absolute Gasteiger partial charge is 0.230 e. The van der Waals surface area contributed by atoms with E-state index >= 15 is 0 Å². The van der Waals surface area contributed by atoms with Crippen LogP contribution in [0.5, 0.6) is 0 Å². The summed E-state index contributed by atoms with van der Waals surface area (Å²) in [6.45, 7) is 4.02. The number of thioether (sulfide) groups is 1. The molecular weight excluding hydrogens is 298 g/mol. The Hall–Kier alpha value is -2.15. The van der Waals surface area contributed by atoms with Gasteiger partial charge in [0.2, 0.25) is 11.1 Å². The second kappa shape index (κ2) is 6.31. The van der Waals surface area contributed by atoms with E-state index < -0.39 is 0 Å². The van der Waals surface area contributed by atoms with Gasteiger partial charge in [-0.1, -0.05) is 36.9 Å². The molecule has 1 amide bonds. The Morgan fingerprint density at radius 2 is 2.18 bits per heavy atom. The highest BCUT2D eigenvalue weighted by Gasteiger charge is 2.11. The summed E-state index contributed by atoms with van der Waals surface area (Å²) < 4.78 is 0. The molecule has 0 saturated heterocycles. The predicted molar refractivity (Wildman–Crippen MR) is 87.8 cm³/mol. The summed E-state index contributed by atoms with van der Waals surface area (Å²) in [5.74, 6) is 0.275. The molecule has 2 N–H and O–H groups in total. The lowest BCUT2D eigenvalue weighted by atomic mass is 10.2. The van der Waals surface area contributed by atoms with Gasteiger partial charge in [-0.25, -0.2) is 4.98 Å². The van der Waals surface area contributed by atoms with Crippen molar-refractivity contribution in [2.75, 3.05) is 5.75 Å². The molecule has 0 bridgehead atoms. The highest BCUT2D eigenvalue weighted by Crippen LogP contribution is 2.23. The van der Waals surface area contributed by atoms with Gasteiger partial charge in [0.15, 0.2) is 5.65 Å². The zero-order chi connectivity index (χ0) is 15.5. The van der Waals surface area contributed by atoms with Crippen molar-refractivity contribution < 1.29 is 4.79 Å². The molecule has 0 radical (unpaired) electrons. The maximum absolute atomic E-state index is 11.8. The van der Waals surface area contributed by atoms with Crippen molar-refractivity contribution in [3.63, 3.8) is 0 Å². The quantitative estimate of drug-likeness (QED) is 0.707. The minimum atomic E-state index is -0.0142. The van der Waals surface area contributed by atoms with E-state index in [1.807, 2.05) is 38.1 Å². The van der Waals surface area contributed by atoms with Crippen LogP contribution < -0.4 is 5.32 Å². The number of H-pyrrole nitrogens is 1. The van der Waals surface area contributed by atoms with Crippen LogP contribution in [-0.2, 0) is 4.79 Å². The van der Waals surface area contributed by atoms with Crippen molar-refractivity contribution in [1.82, 2.24) is 25.5 Å². The molecule has 0 saturated carbocycles. The Morgan fingerprint density at radius 3 is 3.00 bits per heavy atom. The number of rotatable bonds is 5. The van der Waals surface area contributed by atoms with Crippen LogP contribution in [0, 0.1) is 0 Å². The fraction of sp³-hybridized carbons (Fsp3) is 0.333. The van der Waals surface area contributed by atoms with Crippen molar-refractivity contribution in [3.05, 3.63) is 24.3 Å². The van der Waals surface area contributed by atoms with E-state index in [-0.39, 0.29) is 17.7 Å². The van der Waals surface area contributed by atoms with Gasteiger partial charge in [-0.3, -0.25) is 4.79 Å². The molecule has 0 unspecified atom stereocenters. The number of amides is 1. The van der Waals surface area contributed by atoms with E-state index in [0.29, 0.717) is 10.8 Å². The topological polar surface area (TPSA) is 83.6 Å². The molecule has 0 fully saturated rings. The number of benzene rings is 1. The first-order valence-corrected chi connectivity index (χ1v) is 8.19. The van der Waals surface area contributed by atoms with E-state index in [0.717, 1.165) is 22.8 Å². The number of carbonyl (C=O) groups excluding carboxylic acids is 1. The summed E-state index contributed by atoms with van der Waals surface area (Å²) in [4.78, 5) is 19.4. The first-order chi connectivity index (χ1) is 10.7. The zero-order valence-electron chi connectivity index (χ0n) is 12.5. The third kappa shape index (κ3) is 3.04. The molecule has 2 heterocycles. The van der Waals surface area contributed by atoms with Gasteiger partial charge in [0.05, 0.1) is 5.75 Å². The maximum Gasteiger partial charge on any atom is 0.230 e. The van der Waals surface area contributed by atoms with E-state index in [4.69, 9.17) is 0 Å². The Kier molecular flexibility index (Phi) is 4.24. The molecule has 6 nitrogen and oxygen atoms in total. The molecule has 0 aliphatic heterocycles. The number of para-hydroxylation sites is 1. The highest BCUT2D eigenvalue weighted by atomic mass is 32.2. The average Bonchev–Trinajstić information content (AvgIpc) is 2.90. The Morgan fingerprint density at radius 1 is 1.36 bits per heavy atom. The molecule has 1 atom stereocenters. The molecule has 0 spiro atoms. The molecule has 22 heavy (non-hydrogen) atoms. The van der Waals surface area contributed by atoms with E-state index in [2.05, 4.69) is 25.5 Å². The van der Waals surface area contributed by atoms with Crippen LogP contribution in [0.3, 0.4) is 0 Å². The van der Waals surface area contributed by atoms with Crippen molar-refractivity contribution in [1.29, 1.82) is 0 Å². The third-order valence-corrected chi connectivity index (χ3v) is 4.29. The zero-order valence-corrected chi connectivity index (χ0v) is 13.3. The third-order valence-electron chi connectivity index (χ3n) is 3.45. The molecule has 114 valence electrons. The van der Waals surface area contributed by atoms with Crippen LogP contribution in [-0.4, -0.2) is 37.9 Å². The fourth-order valence-corrected chi connectivity index (χ4v) is 2.71. The predicted octanol–water partition coefficient (Wildman–Crippen LogP) is 2.51. The van der Waals surface area contributed by atoms with Gasteiger partial charge in [-0.15, -0.1) is 10.2 Å². The second-order valence-electron chi connectivity index (χ2n) is 5.13. The number of aromatic amines is 1. The molecule has 2 aromatic heterocycles. The minimum Gasteiger partial charge on any atom is -0.353 e. The van der Waals surface area contributed by atoms with Crippen LogP contribution >= 0.6 is 11.8 Å². The molecule has 0 aliphatic rings. The SMILES string of the molecule is CC[C@@H](C)NC(=O)CSc1nnc2c(n1)[nH]c1ccccc12. The van der Waals surface area contributed by atoms with Gasteiger partial charge >= 0.3 is 0 Å². The lowest BCUT2D eigenvalue weighted by molar-refractivity contribution is -0.119. The second-order valence-corrected chi connectivity index (χ2v) is 6.07. The first-order valence-electron chi connectivity index (χ1n) is 7.20. The Bertz CT molecular complexity index is 816. The van der Waals surface area contributed by atoms with Crippen LogP contribution in [0.1, 0.15) is 20.3 Å². The summed E-state index contributed by atoms with van der Waals surface area (Å²) in [5.41, 5.74) is 2.43. The number of carbonyl (C=O) groups is 1. The maximum atomic E-state index is 11.8. The number of hydrogen-bond acceptors (Lipinski definition) is 5. The summed E-state index contributed by atoms with van der Waals surface area (Å²) in [5, 5.41) is 12.7. The van der Waals surface area contributed by atoms with Crippen LogP contribution in [0.4, 0.5) is 0 Å².